The molecule has 0 saturated carbocycles. The molecule has 2 fully saturated rings. The summed E-state index contributed by atoms with van der Waals surface area (Å²) in [5, 5.41) is 6.14. The summed E-state index contributed by atoms with van der Waals surface area (Å²) >= 11 is 0. The van der Waals surface area contributed by atoms with Crippen molar-refractivity contribution < 1.29 is 14.3 Å². The standard InChI is InChI=1S/C21H31N3O3/c25-19-9-4-5-10-21(23-19,17-18-7-2-1-3-8-18)20(26)22-11-6-12-24-13-15-27-16-14-24/h1-3,7-8H,4-6,9-17H2,(H,22,26)(H,23,25). The highest BCUT2D eigenvalue weighted by Gasteiger charge is 2.40. The maximum Gasteiger partial charge on any atom is 0.246 e. The van der Waals surface area contributed by atoms with Crippen LogP contribution in [0.3, 0.4) is 0 Å². The van der Waals surface area contributed by atoms with E-state index in [-0.39, 0.29) is 11.8 Å². The van der Waals surface area contributed by atoms with Gasteiger partial charge >= 0.3 is 0 Å². The van der Waals surface area contributed by atoms with E-state index in [0.717, 1.165) is 57.7 Å². The Morgan fingerprint density at radius 1 is 1.19 bits per heavy atom. The van der Waals surface area contributed by atoms with Crippen LogP contribution in [0.4, 0.5) is 0 Å². The molecule has 2 saturated heterocycles. The fraction of sp³-hybridized carbons (Fsp3) is 0.619. The highest BCUT2D eigenvalue weighted by Crippen LogP contribution is 2.24. The van der Waals surface area contributed by atoms with Crippen LogP contribution in [0.25, 0.3) is 0 Å². The van der Waals surface area contributed by atoms with E-state index < -0.39 is 5.54 Å². The highest BCUT2D eigenvalue weighted by atomic mass is 16.5. The maximum atomic E-state index is 13.1. The minimum atomic E-state index is -0.839. The molecule has 1 aromatic carbocycles. The Bertz CT molecular complexity index is 616. The van der Waals surface area contributed by atoms with Crippen LogP contribution in [0, 0.1) is 0 Å². The normalized spacial score (nSPS) is 24.1. The van der Waals surface area contributed by atoms with Gasteiger partial charge in [0, 0.05) is 32.5 Å². The molecule has 6 heteroatoms. The Kier molecular flexibility index (Phi) is 7.24. The van der Waals surface area contributed by atoms with Gasteiger partial charge in [-0.1, -0.05) is 36.8 Å². The Labute approximate surface area is 161 Å². The Hall–Kier alpha value is -1.92. The summed E-state index contributed by atoms with van der Waals surface area (Å²) < 4.78 is 5.36. The summed E-state index contributed by atoms with van der Waals surface area (Å²) in [6, 6.07) is 9.95. The summed E-state index contributed by atoms with van der Waals surface area (Å²) in [7, 11) is 0. The Morgan fingerprint density at radius 2 is 1.96 bits per heavy atom. The van der Waals surface area contributed by atoms with E-state index >= 15 is 0 Å². The second-order valence-electron chi connectivity index (χ2n) is 7.56. The molecule has 27 heavy (non-hydrogen) atoms. The third kappa shape index (κ3) is 5.78. The number of rotatable bonds is 7. The SMILES string of the molecule is O=C1CCCCC(Cc2ccccc2)(C(=O)NCCCN2CCOCC2)N1. The fourth-order valence-corrected chi connectivity index (χ4v) is 3.93. The molecule has 0 aromatic heterocycles. The third-order valence-electron chi connectivity index (χ3n) is 5.46. The third-order valence-corrected chi connectivity index (χ3v) is 5.46. The molecule has 3 rings (SSSR count). The van der Waals surface area contributed by atoms with Crippen molar-refractivity contribution in [3.63, 3.8) is 0 Å². The minimum Gasteiger partial charge on any atom is -0.379 e. The topological polar surface area (TPSA) is 70.7 Å². The van der Waals surface area contributed by atoms with Crippen LogP contribution in [0.1, 0.15) is 37.7 Å². The summed E-state index contributed by atoms with van der Waals surface area (Å²) in [4.78, 5) is 27.7. The predicted molar refractivity (Wildman–Crippen MR) is 104 cm³/mol. The van der Waals surface area contributed by atoms with E-state index in [1.54, 1.807) is 0 Å². The molecule has 0 aliphatic carbocycles. The summed E-state index contributed by atoms with van der Waals surface area (Å²) in [5.41, 5.74) is 0.233. The second kappa shape index (κ2) is 9.85. The minimum absolute atomic E-state index is 0.0214. The number of hydrogen-bond donors (Lipinski definition) is 2. The number of carbonyl (C=O) groups excluding carboxylic acids is 2. The van der Waals surface area contributed by atoms with Crippen LogP contribution in [-0.4, -0.2) is 61.6 Å². The van der Waals surface area contributed by atoms with Gasteiger partial charge in [-0.15, -0.1) is 0 Å². The molecular weight excluding hydrogens is 342 g/mol. The molecule has 1 unspecified atom stereocenters. The van der Waals surface area contributed by atoms with Gasteiger partial charge in [0.25, 0.3) is 0 Å². The van der Waals surface area contributed by atoms with Crippen molar-refractivity contribution in [2.75, 3.05) is 39.4 Å². The molecule has 0 bridgehead atoms. The van der Waals surface area contributed by atoms with Gasteiger partial charge < -0.3 is 15.4 Å². The van der Waals surface area contributed by atoms with Crippen LogP contribution in [-0.2, 0) is 20.7 Å². The summed E-state index contributed by atoms with van der Waals surface area (Å²) in [6.07, 6.45) is 4.35. The van der Waals surface area contributed by atoms with E-state index in [2.05, 4.69) is 15.5 Å². The van der Waals surface area contributed by atoms with Crippen molar-refractivity contribution in [2.24, 2.45) is 0 Å². The molecule has 1 atom stereocenters. The van der Waals surface area contributed by atoms with Crippen molar-refractivity contribution in [2.45, 2.75) is 44.1 Å². The van der Waals surface area contributed by atoms with Gasteiger partial charge in [0.05, 0.1) is 13.2 Å². The molecule has 6 nitrogen and oxygen atoms in total. The van der Waals surface area contributed by atoms with E-state index in [4.69, 9.17) is 4.74 Å². The number of carbonyl (C=O) groups is 2. The molecule has 0 radical (unpaired) electrons. The lowest BCUT2D eigenvalue weighted by Crippen LogP contribution is -2.59. The van der Waals surface area contributed by atoms with Crippen LogP contribution < -0.4 is 10.6 Å². The number of hydrogen-bond acceptors (Lipinski definition) is 4. The molecule has 2 amide bonds. The first-order valence-corrected chi connectivity index (χ1v) is 10.1. The van der Waals surface area contributed by atoms with E-state index in [1.165, 1.54) is 0 Å². The van der Waals surface area contributed by atoms with Gasteiger partial charge in [-0.3, -0.25) is 14.5 Å². The first-order chi connectivity index (χ1) is 13.2. The monoisotopic (exact) mass is 373 g/mol. The number of ether oxygens (including phenoxy) is 1. The van der Waals surface area contributed by atoms with Crippen LogP contribution in [0.15, 0.2) is 30.3 Å². The zero-order chi connectivity index (χ0) is 19.0. The van der Waals surface area contributed by atoms with Crippen LogP contribution in [0.5, 0.6) is 0 Å². The summed E-state index contributed by atoms with van der Waals surface area (Å²) in [5.74, 6) is -0.0736. The largest absolute Gasteiger partial charge is 0.379 e. The average molecular weight is 373 g/mol. The van der Waals surface area contributed by atoms with Gasteiger partial charge in [0.2, 0.25) is 11.8 Å². The van der Waals surface area contributed by atoms with Crippen molar-refractivity contribution in [1.82, 2.24) is 15.5 Å². The highest BCUT2D eigenvalue weighted by molar-refractivity contribution is 5.92. The number of amides is 2. The summed E-state index contributed by atoms with van der Waals surface area (Å²) in [6.45, 7) is 5.09. The van der Waals surface area contributed by atoms with E-state index in [1.807, 2.05) is 30.3 Å². The van der Waals surface area contributed by atoms with E-state index in [0.29, 0.717) is 25.8 Å². The number of nitrogens with zero attached hydrogens (tertiary/aromatic N) is 1. The Morgan fingerprint density at radius 3 is 2.74 bits per heavy atom. The second-order valence-corrected chi connectivity index (χ2v) is 7.56. The van der Waals surface area contributed by atoms with Crippen molar-refractivity contribution in [3.05, 3.63) is 35.9 Å². The quantitative estimate of drug-likeness (QED) is 0.711. The van der Waals surface area contributed by atoms with Gasteiger partial charge in [0.1, 0.15) is 5.54 Å². The fourth-order valence-electron chi connectivity index (χ4n) is 3.93. The molecule has 2 N–H and O–H groups in total. The smallest absolute Gasteiger partial charge is 0.246 e. The van der Waals surface area contributed by atoms with Gasteiger partial charge in [-0.2, -0.15) is 0 Å². The van der Waals surface area contributed by atoms with Gasteiger partial charge in [0.15, 0.2) is 0 Å². The van der Waals surface area contributed by atoms with Crippen LogP contribution in [0.2, 0.25) is 0 Å². The Balaban J connectivity index is 1.59. The first kappa shape index (κ1) is 19.8. The van der Waals surface area contributed by atoms with Crippen molar-refractivity contribution in [1.29, 1.82) is 0 Å². The molecule has 0 spiro atoms. The lowest BCUT2D eigenvalue weighted by atomic mass is 9.85. The van der Waals surface area contributed by atoms with Gasteiger partial charge in [-0.05, 0) is 31.4 Å². The first-order valence-electron chi connectivity index (χ1n) is 10.1. The molecule has 2 aliphatic heterocycles. The van der Waals surface area contributed by atoms with Crippen molar-refractivity contribution >= 4 is 11.8 Å². The van der Waals surface area contributed by atoms with E-state index in [9.17, 15) is 9.59 Å². The zero-order valence-corrected chi connectivity index (χ0v) is 16.0. The number of benzene rings is 1. The number of nitrogens with one attached hydrogen (secondary N) is 2. The molecular formula is C21H31N3O3. The predicted octanol–water partition coefficient (Wildman–Crippen LogP) is 1.50. The van der Waals surface area contributed by atoms with Gasteiger partial charge in [-0.25, -0.2) is 0 Å². The average Bonchev–Trinajstić information content (AvgIpc) is 2.88. The lowest BCUT2D eigenvalue weighted by molar-refractivity contribution is -0.133. The molecule has 2 aliphatic rings. The zero-order valence-electron chi connectivity index (χ0n) is 16.0. The van der Waals surface area contributed by atoms with Crippen molar-refractivity contribution in [3.8, 4) is 0 Å². The maximum absolute atomic E-state index is 13.1. The molecule has 148 valence electrons. The molecule has 2 heterocycles. The lowest BCUT2D eigenvalue weighted by Gasteiger charge is -2.33. The van der Waals surface area contributed by atoms with Crippen LogP contribution >= 0.6 is 0 Å². The molecule has 1 aromatic rings. The number of morpholine rings is 1.